The third-order valence-corrected chi connectivity index (χ3v) is 5.41. The number of nitrogens with zero attached hydrogens (tertiary/aromatic N) is 2. The highest BCUT2D eigenvalue weighted by Gasteiger charge is 2.52. The topological polar surface area (TPSA) is 32.5 Å². The van der Waals surface area contributed by atoms with E-state index in [-0.39, 0.29) is 5.41 Å². The average molecular weight is 257 g/mol. The first-order valence-corrected chi connectivity index (χ1v) is 7.49. The summed E-state index contributed by atoms with van der Waals surface area (Å²) in [6, 6.07) is 11.3. The highest BCUT2D eigenvalue weighted by atomic mass is 15.3. The highest BCUT2D eigenvalue weighted by Crippen LogP contribution is 2.41. The molecule has 4 fully saturated rings. The molecular formula is C16H23N3. The maximum Gasteiger partial charge on any atom is 0.0176 e. The van der Waals surface area contributed by atoms with Crippen molar-refractivity contribution in [2.45, 2.75) is 12.5 Å². The van der Waals surface area contributed by atoms with E-state index in [9.17, 15) is 0 Å². The Kier molecular flexibility index (Phi) is 2.69. The maximum atomic E-state index is 6.67. The van der Waals surface area contributed by atoms with E-state index < -0.39 is 0 Å². The summed E-state index contributed by atoms with van der Waals surface area (Å²) in [6.07, 6.45) is 1.14. The van der Waals surface area contributed by atoms with Crippen LogP contribution in [0.25, 0.3) is 0 Å². The van der Waals surface area contributed by atoms with Crippen LogP contribution in [-0.4, -0.2) is 55.1 Å². The molecule has 4 aliphatic rings. The van der Waals surface area contributed by atoms with E-state index in [2.05, 4.69) is 40.1 Å². The van der Waals surface area contributed by atoms with E-state index in [0.29, 0.717) is 12.0 Å². The quantitative estimate of drug-likeness (QED) is 0.851. The first-order chi connectivity index (χ1) is 9.25. The molecule has 4 heterocycles. The summed E-state index contributed by atoms with van der Waals surface area (Å²) in [5.74, 6) is 0.675. The van der Waals surface area contributed by atoms with Gasteiger partial charge >= 0.3 is 0 Å². The predicted octanol–water partition coefficient (Wildman–Crippen LogP) is 0.804. The van der Waals surface area contributed by atoms with Crippen LogP contribution in [-0.2, 0) is 6.42 Å². The van der Waals surface area contributed by atoms with Crippen molar-refractivity contribution in [2.75, 3.05) is 39.3 Å². The Morgan fingerprint density at radius 2 is 1.68 bits per heavy atom. The van der Waals surface area contributed by atoms with Crippen LogP contribution in [0.5, 0.6) is 0 Å². The number of piperidine rings is 2. The van der Waals surface area contributed by atoms with E-state index in [0.717, 1.165) is 6.42 Å². The van der Waals surface area contributed by atoms with E-state index in [1.165, 1.54) is 44.8 Å². The molecule has 0 saturated carbocycles. The largest absolute Gasteiger partial charge is 0.327 e. The minimum atomic E-state index is 0.277. The standard InChI is InChI=1S/C16H23N3/c17-15-14-9-18-6-7-19(10-14)12-16(15,11-18)8-13-4-2-1-3-5-13/h1-5,14-15H,6-12,17H2. The molecule has 5 rings (SSSR count). The van der Waals surface area contributed by atoms with Gasteiger partial charge in [-0.3, -0.25) is 0 Å². The van der Waals surface area contributed by atoms with Gasteiger partial charge in [0.15, 0.2) is 0 Å². The van der Waals surface area contributed by atoms with E-state index in [1.807, 2.05) is 0 Å². The lowest BCUT2D eigenvalue weighted by atomic mass is 9.65. The molecule has 0 aromatic heterocycles. The van der Waals surface area contributed by atoms with Crippen molar-refractivity contribution in [1.82, 2.24) is 9.80 Å². The summed E-state index contributed by atoms with van der Waals surface area (Å²) < 4.78 is 0. The van der Waals surface area contributed by atoms with Gasteiger partial charge in [0, 0.05) is 56.6 Å². The van der Waals surface area contributed by atoms with Gasteiger partial charge in [0.2, 0.25) is 0 Å². The lowest BCUT2D eigenvalue weighted by Gasteiger charge is -2.54. The molecule has 0 radical (unpaired) electrons. The van der Waals surface area contributed by atoms with Crippen LogP contribution >= 0.6 is 0 Å². The van der Waals surface area contributed by atoms with Crippen molar-refractivity contribution in [2.24, 2.45) is 17.1 Å². The second-order valence-electron chi connectivity index (χ2n) is 6.78. The monoisotopic (exact) mass is 257 g/mol. The smallest absolute Gasteiger partial charge is 0.0176 e. The number of nitrogens with two attached hydrogens (primary N) is 1. The van der Waals surface area contributed by atoms with Crippen molar-refractivity contribution in [3.63, 3.8) is 0 Å². The Morgan fingerprint density at radius 1 is 1.05 bits per heavy atom. The first kappa shape index (κ1) is 11.9. The zero-order valence-electron chi connectivity index (χ0n) is 11.5. The Morgan fingerprint density at radius 3 is 2.32 bits per heavy atom. The Labute approximate surface area is 115 Å². The van der Waals surface area contributed by atoms with Crippen LogP contribution in [0.2, 0.25) is 0 Å². The lowest BCUT2D eigenvalue weighted by Crippen LogP contribution is -2.67. The zero-order valence-corrected chi connectivity index (χ0v) is 11.5. The molecule has 102 valence electrons. The number of benzene rings is 1. The SMILES string of the molecule is NC1C2CN3CCN(C2)CC1(Cc1ccccc1)C3. The molecule has 4 saturated heterocycles. The van der Waals surface area contributed by atoms with Gasteiger partial charge in [-0.2, -0.15) is 0 Å². The molecule has 0 spiro atoms. The van der Waals surface area contributed by atoms with Crippen LogP contribution in [0.15, 0.2) is 30.3 Å². The van der Waals surface area contributed by atoms with Gasteiger partial charge in [-0.05, 0) is 12.0 Å². The minimum absolute atomic E-state index is 0.277. The third kappa shape index (κ3) is 1.92. The molecule has 3 unspecified atom stereocenters. The molecule has 0 amide bonds. The number of hydrogen-bond acceptors (Lipinski definition) is 3. The van der Waals surface area contributed by atoms with Crippen molar-refractivity contribution in [3.8, 4) is 0 Å². The van der Waals surface area contributed by atoms with Gasteiger partial charge < -0.3 is 15.5 Å². The summed E-state index contributed by atoms with van der Waals surface area (Å²) in [5.41, 5.74) is 8.39. The molecule has 1 aromatic carbocycles. The van der Waals surface area contributed by atoms with Crippen LogP contribution < -0.4 is 5.73 Å². The van der Waals surface area contributed by atoms with Crippen LogP contribution in [0.1, 0.15) is 5.56 Å². The fourth-order valence-corrected chi connectivity index (χ4v) is 4.58. The average Bonchev–Trinajstić information content (AvgIpc) is 2.65. The summed E-state index contributed by atoms with van der Waals surface area (Å²) in [7, 11) is 0. The maximum absolute atomic E-state index is 6.67. The molecule has 3 heteroatoms. The van der Waals surface area contributed by atoms with Gasteiger partial charge in [-0.1, -0.05) is 30.3 Å². The van der Waals surface area contributed by atoms with E-state index in [1.54, 1.807) is 0 Å². The van der Waals surface area contributed by atoms with E-state index >= 15 is 0 Å². The van der Waals surface area contributed by atoms with Crippen LogP contribution in [0, 0.1) is 11.3 Å². The van der Waals surface area contributed by atoms with Gasteiger partial charge in [0.05, 0.1) is 0 Å². The molecular weight excluding hydrogens is 234 g/mol. The van der Waals surface area contributed by atoms with Crippen molar-refractivity contribution in [1.29, 1.82) is 0 Å². The number of fused-ring (bicyclic) bond motifs is 1. The normalized spacial score (nSPS) is 44.3. The van der Waals surface area contributed by atoms with Gasteiger partial charge in [-0.15, -0.1) is 0 Å². The zero-order chi connectivity index (χ0) is 12.9. The van der Waals surface area contributed by atoms with Gasteiger partial charge in [0.1, 0.15) is 0 Å². The Hall–Kier alpha value is -0.900. The summed E-state index contributed by atoms with van der Waals surface area (Å²) in [4.78, 5) is 5.31. The molecule has 3 atom stereocenters. The second-order valence-corrected chi connectivity index (χ2v) is 6.78. The van der Waals surface area contributed by atoms with E-state index in [4.69, 9.17) is 5.73 Å². The lowest BCUT2D eigenvalue weighted by molar-refractivity contribution is -0.0162. The first-order valence-electron chi connectivity index (χ1n) is 7.49. The van der Waals surface area contributed by atoms with Crippen molar-refractivity contribution < 1.29 is 0 Å². The minimum Gasteiger partial charge on any atom is -0.327 e. The molecule has 2 N–H and O–H groups in total. The summed E-state index contributed by atoms with van der Waals surface area (Å²) >= 11 is 0. The molecule has 4 aliphatic heterocycles. The van der Waals surface area contributed by atoms with Crippen molar-refractivity contribution in [3.05, 3.63) is 35.9 Å². The molecule has 0 aliphatic carbocycles. The molecule has 1 aromatic rings. The Bertz CT molecular complexity index is 442. The summed E-state index contributed by atoms with van der Waals surface area (Å²) in [5, 5.41) is 0. The number of rotatable bonds is 2. The predicted molar refractivity (Wildman–Crippen MR) is 76.9 cm³/mol. The van der Waals surface area contributed by atoms with Crippen LogP contribution in [0.3, 0.4) is 0 Å². The second kappa shape index (κ2) is 4.30. The summed E-state index contributed by atoms with van der Waals surface area (Å²) in [6.45, 7) is 7.29. The van der Waals surface area contributed by atoms with Gasteiger partial charge in [0.25, 0.3) is 0 Å². The third-order valence-electron chi connectivity index (χ3n) is 5.41. The highest BCUT2D eigenvalue weighted by molar-refractivity contribution is 5.20. The fourth-order valence-electron chi connectivity index (χ4n) is 4.58. The molecule has 3 nitrogen and oxygen atoms in total. The van der Waals surface area contributed by atoms with Gasteiger partial charge in [-0.25, -0.2) is 0 Å². The Balaban J connectivity index is 1.68. The molecule has 4 bridgehead atoms. The van der Waals surface area contributed by atoms with Crippen LogP contribution in [0.4, 0.5) is 0 Å². The fraction of sp³-hybridized carbons (Fsp3) is 0.625. The number of hydrogen-bond donors (Lipinski definition) is 1. The molecule has 19 heavy (non-hydrogen) atoms. The van der Waals surface area contributed by atoms with Crippen molar-refractivity contribution >= 4 is 0 Å².